The van der Waals surface area contributed by atoms with E-state index in [0.29, 0.717) is 13.0 Å². The quantitative estimate of drug-likeness (QED) is 0.172. The van der Waals surface area contributed by atoms with Crippen molar-refractivity contribution in [3.63, 3.8) is 0 Å². The SMILES string of the molecule is CCOC[PH](=O)C(CCCC=C(C)CCC=C(C)CCC=C(C)C)P(=O)(O)O. The standard InChI is InChI=1S/C21H40O5P2/c1-6-26-17-27(22)21(28(23,24)25)16-8-7-12-19(4)14-10-15-20(5)13-9-11-18(2)3/h11-12,15,21,27H,6-10,13-14,16-17H2,1-5H3,(H2,23,24,25). The topological polar surface area (TPSA) is 83.8 Å². The van der Waals surface area contributed by atoms with Crippen LogP contribution in [0.5, 0.6) is 0 Å². The van der Waals surface area contributed by atoms with E-state index < -0.39 is 20.8 Å². The van der Waals surface area contributed by atoms with Gasteiger partial charge < -0.3 is 19.1 Å². The zero-order chi connectivity index (χ0) is 21.6. The molecular weight excluding hydrogens is 394 g/mol. The molecular formula is C21H40O5P2. The van der Waals surface area contributed by atoms with Gasteiger partial charge in [-0.05, 0) is 79.6 Å². The molecule has 0 aliphatic carbocycles. The highest BCUT2D eigenvalue weighted by Crippen LogP contribution is 2.55. The van der Waals surface area contributed by atoms with E-state index in [2.05, 4.69) is 45.9 Å². The second kappa shape index (κ2) is 15.4. The summed E-state index contributed by atoms with van der Waals surface area (Å²) in [7, 11) is -6.81. The van der Waals surface area contributed by atoms with Crippen molar-refractivity contribution >= 4 is 15.4 Å². The monoisotopic (exact) mass is 434 g/mol. The summed E-state index contributed by atoms with van der Waals surface area (Å²) in [6.07, 6.45) is 12.4. The van der Waals surface area contributed by atoms with Crippen LogP contribution in [0, 0.1) is 0 Å². The summed E-state index contributed by atoms with van der Waals surface area (Å²) in [6, 6.07) is 0. The third-order valence-electron chi connectivity index (χ3n) is 4.52. The summed E-state index contributed by atoms with van der Waals surface area (Å²) in [5.74, 6) is 0. The van der Waals surface area contributed by atoms with Gasteiger partial charge in [0.1, 0.15) is 13.2 Å². The number of unbranched alkanes of at least 4 members (excludes halogenated alkanes) is 1. The molecule has 0 aliphatic rings. The molecule has 0 saturated heterocycles. The van der Waals surface area contributed by atoms with Crippen LogP contribution in [0.3, 0.4) is 0 Å². The summed E-state index contributed by atoms with van der Waals surface area (Å²) in [4.78, 5) is 18.9. The van der Waals surface area contributed by atoms with Crippen molar-refractivity contribution in [2.24, 2.45) is 0 Å². The molecule has 0 spiro atoms. The molecule has 2 N–H and O–H groups in total. The van der Waals surface area contributed by atoms with E-state index in [-0.39, 0.29) is 12.8 Å². The Morgan fingerprint density at radius 2 is 1.54 bits per heavy atom. The Hall–Kier alpha value is -0.440. The first-order valence-corrected chi connectivity index (χ1v) is 13.6. The van der Waals surface area contributed by atoms with E-state index in [4.69, 9.17) is 4.74 Å². The van der Waals surface area contributed by atoms with Crippen molar-refractivity contribution in [3.8, 4) is 0 Å². The summed E-state index contributed by atoms with van der Waals surface area (Å²) >= 11 is 0. The summed E-state index contributed by atoms with van der Waals surface area (Å²) in [5, 5.41) is -1.07. The van der Waals surface area contributed by atoms with Gasteiger partial charge >= 0.3 is 7.60 Å². The molecule has 0 aromatic rings. The van der Waals surface area contributed by atoms with E-state index in [1.807, 2.05) is 0 Å². The molecule has 2 atom stereocenters. The van der Waals surface area contributed by atoms with Crippen molar-refractivity contribution in [2.75, 3.05) is 13.0 Å². The Morgan fingerprint density at radius 1 is 1.00 bits per heavy atom. The van der Waals surface area contributed by atoms with Crippen LogP contribution in [0.15, 0.2) is 34.9 Å². The number of hydrogen-bond acceptors (Lipinski definition) is 3. The van der Waals surface area contributed by atoms with Crippen LogP contribution in [-0.2, 0) is 13.9 Å². The molecule has 28 heavy (non-hydrogen) atoms. The van der Waals surface area contributed by atoms with Crippen molar-refractivity contribution in [3.05, 3.63) is 34.9 Å². The first-order chi connectivity index (χ1) is 13.1. The van der Waals surface area contributed by atoms with Crippen LogP contribution in [0.25, 0.3) is 0 Å². The molecule has 2 unspecified atom stereocenters. The van der Waals surface area contributed by atoms with Crippen molar-refractivity contribution in [1.29, 1.82) is 0 Å². The number of ether oxygens (including phenoxy) is 1. The van der Waals surface area contributed by atoms with Crippen LogP contribution >= 0.6 is 15.4 Å². The molecule has 0 aromatic carbocycles. The highest BCUT2D eigenvalue weighted by Gasteiger charge is 2.33. The van der Waals surface area contributed by atoms with Crippen molar-refractivity contribution in [1.82, 2.24) is 0 Å². The molecule has 164 valence electrons. The second-order valence-electron chi connectivity index (χ2n) is 7.60. The molecule has 0 rings (SSSR count). The lowest BCUT2D eigenvalue weighted by molar-refractivity contribution is 0.193. The van der Waals surface area contributed by atoms with Gasteiger partial charge in [0.15, 0.2) is 0 Å². The maximum absolute atomic E-state index is 12.1. The fourth-order valence-electron chi connectivity index (χ4n) is 2.81. The van der Waals surface area contributed by atoms with Gasteiger partial charge in [-0.3, -0.25) is 4.57 Å². The first kappa shape index (κ1) is 27.6. The molecule has 0 amide bonds. The number of hydrogen-bond donors (Lipinski definition) is 2. The normalized spacial score (nSPS) is 15.4. The Bertz CT molecular complexity index is 598. The predicted molar refractivity (Wildman–Crippen MR) is 121 cm³/mol. The predicted octanol–water partition coefficient (Wildman–Crippen LogP) is 6.63. The minimum atomic E-state index is -4.36. The van der Waals surface area contributed by atoms with Crippen LogP contribution in [0.2, 0.25) is 0 Å². The van der Waals surface area contributed by atoms with Gasteiger partial charge in [0, 0.05) is 6.61 Å². The van der Waals surface area contributed by atoms with E-state index >= 15 is 0 Å². The lowest BCUT2D eigenvalue weighted by Gasteiger charge is -2.17. The maximum Gasteiger partial charge on any atom is 0.335 e. The van der Waals surface area contributed by atoms with Gasteiger partial charge in [-0.15, -0.1) is 0 Å². The molecule has 7 heteroatoms. The highest BCUT2D eigenvalue weighted by molar-refractivity contribution is 7.67. The lowest BCUT2D eigenvalue weighted by Crippen LogP contribution is -2.06. The summed E-state index contributed by atoms with van der Waals surface area (Å²) in [6.45, 7) is 10.7. The van der Waals surface area contributed by atoms with Gasteiger partial charge in [0.2, 0.25) is 0 Å². The minimum absolute atomic E-state index is 0.0505. The first-order valence-electron chi connectivity index (χ1n) is 10.2. The molecule has 5 nitrogen and oxygen atoms in total. The van der Waals surface area contributed by atoms with Gasteiger partial charge in [-0.1, -0.05) is 34.9 Å². The molecule has 0 heterocycles. The Kier molecular flexibility index (Phi) is 15.2. The summed E-state index contributed by atoms with van der Waals surface area (Å²) in [5.41, 5.74) is 4.05. The molecule has 0 bridgehead atoms. The van der Waals surface area contributed by atoms with Gasteiger partial charge in [-0.2, -0.15) is 0 Å². The third kappa shape index (κ3) is 14.5. The fourth-order valence-corrected chi connectivity index (χ4v) is 6.18. The largest absolute Gasteiger partial charge is 0.374 e. The Labute approximate surface area is 172 Å². The molecule has 0 saturated carbocycles. The lowest BCUT2D eigenvalue weighted by atomic mass is 10.1. The van der Waals surface area contributed by atoms with Crippen LogP contribution in [-0.4, -0.2) is 28.1 Å². The van der Waals surface area contributed by atoms with Gasteiger partial charge in [0.05, 0.1) is 6.35 Å². The Morgan fingerprint density at radius 3 is 2.04 bits per heavy atom. The smallest absolute Gasteiger partial charge is 0.335 e. The average molecular weight is 434 g/mol. The molecule has 0 aliphatic heterocycles. The fraction of sp³-hybridized carbons (Fsp3) is 0.714. The minimum Gasteiger partial charge on any atom is -0.374 e. The zero-order valence-electron chi connectivity index (χ0n) is 18.2. The van der Waals surface area contributed by atoms with Crippen molar-refractivity contribution in [2.45, 2.75) is 85.0 Å². The second-order valence-corrected chi connectivity index (χ2v) is 11.8. The van der Waals surface area contributed by atoms with Crippen LogP contribution < -0.4 is 0 Å². The molecule has 0 fully saturated rings. The number of rotatable bonds is 15. The van der Waals surface area contributed by atoms with Crippen LogP contribution in [0.1, 0.15) is 79.6 Å². The zero-order valence-corrected chi connectivity index (χ0v) is 20.1. The van der Waals surface area contributed by atoms with E-state index in [0.717, 1.165) is 32.1 Å². The number of allylic oxidation sites excluding steroid dienone is 6. The van der Waals surface area contributed by atoms with Gasteiger partial charge in [-0.25, -0.2) is 0 Å². The van der Waals surface area contributed by atoms with Crippen LogP contribution in [0.4, 0.5) is 0 Å². The summed E-state index contributed by atoms with van der Waals surface area (Å²) < 4.78 is 28.8. The average Bonchev–Trinajstić information content (AvgIpc) is 2.58. The third-order valence-corrected chi connectivity index (χ3v) is 8.99. The maximum atomic E-state index is 12.1. The van der Waals surface area contributed by atoms with E-state index in [9.17, 15) is 18.9 Å². The van der Waals surface area contributed by atoms with Gasteiger partial charge in [0.25, 0.3) is 0 Å². The molecule has 0 aromatic heterocycles. The highest BCUT2D eigenvalue weighted by atomic mass is 31.2. The Balaban J connectivity index is 4.32. The molecule has 0 radical (unpaired) electrons. The van der Waals surface area contributed by atoms with E-state index in [1.165, 1.54) is 16.7 Å². The van der Waals surface area contributed by atoms with E-state index in [1.54, 1.807) is 6.92 Å². The van der Waals surface area contributed by atoms with Crippen molar-refractivity contribution < 1.29 is 23.7 Å².